The number of carbonyl (C=O) groups excluding carboxylic acids is 1. The van der Waals surface area contributed by atoms with E-state index < -0.39 is 26.7 Å². The van der Waals surface area contributed by atoms with Crippen LogP contribution in [-0.4, -0.2) is 74.6 Å². The summed E-state index contributed by atoms with van der Waals surface area (Å²) in [6.45, 7) is 4.57. The average molecular weight is 476 g/mol. The number of H-pyrrole nitrogens is 1. The maximum atomic E-state index is 12.9. The van der Waals surface area contributed by atoms with E-state index in [0.717, 1.165) is 0 Å². The highest BCUT2D eigenvalue weighted by atomic mass is 79.9. The van der Waals surface area contributed by atoms with Gasteiger partial charge in [-0.15, -0.1) is 5.10 Å². The van der Waals surface area contributed by atoms with Gasteiger partial charge in [0.2, 0.25) is 10.0 Å². The van der Waals surface area contributed by atoms with Gasteiger partial charge >= 0.3 is 5.82 Å². The smallest absolute Gasteiger partial charge is 0.357 e. The lowest BCUT2D eigenvalue weighted by Crippen LogP contribution is -2.50. The van der Waals surface area contributed by atoms with Crippen LogP contribution in [0.2, 0.25) is 0 Å². The summed E-state index contributed by atoms with van der Waals surface area (Å²) in [5.74, 6) is -0.920. The van der Waals surface area contributed by atoms with Gasteiger partial charge in [-0.05, 0) is 34.7 Å². The van der Waals surface area contributed by atoms with Crippen molar-refractivity contribution in [2.24, 2.45) is 0 Å². The van der Waals surface area contributed by atoms with Crippen molar-refractivity contribution in [3.63, 3.8) is 0 Å². The maximum absolute atomic E-state index is 12.9. The maximum Gasteiger partial charge on any atom is 0.357 e. The fourth-order valence-corrected chi connectivity index (χ4v) is 5.00. The van der Waals surface area contributed by atoms with Crippen LogP contribution in [0.15, 0.2) is 15.6 Å². The first-order valence-electron chi connectivity index (χ1n) is 8.38. The number of nitrogens with zero attached hydrogens (tertiary/aromatic N) is 6. The van der Waals surface area contributed by atoms with Gasteiger partial charge in [0, 0.05) is 38.9 Å². The van der Waals surface area contributed by atoms with E-state index in [-0.39, 0.29) is 41.2 Å². The molecule has 0 radical (unpaired) electrons. The van der Waals surface area contributed by atoms with Crippen molar-refractivity contribution < 1.29 is 18.1 Å². The molecule has 0 saturated carbocycles. The number of nitrogens with one attached hydrogen (secondary N) is 1. The molecule has 2 aromatic rings. The van der Waals surface area contributed by atoms with Gasteiger partial charge in [0.25, 0.3) is 5.91 Å². The zero-order chi connectivity index (χ0) is 20.6. The average Bonchev–Trinajstić information content (AvgIpc) is 3.24. The molecule has 0 atom stereocenters. The van der Waals surface area contributed by atoms with Gasteiger partial charge in [-0.25, -0.2) is 8.42 Å². The number of aromatic amines is 1. The molecular formula is C14H18BrN7O5S. The molecule has 0 spiro atoms. The predicted octanol–water partition coefficient (Wildman–Crippen LogP) is 0.752. The Kier molecular flexibility index (Phi) is 5.54. The summed E-state index contributed by atoms with van der Waals surface area (Å²) in [6, 6.07) is 0. The number of hydrogen-bond acceptors (Lipinski definition) is 7. The van der Waals surface area contributed by atoms with Crippen LogP contribution < -0.4 is 0 Å². The van der Waals surface area contributed by atoms with Crippen LogP contribution in [-0.2, 0) is 16.6 Å². The zero-order valence-electron chi connectivity index (χ0n) is 15.1. The number of amides is 1. The molecule has 1 aliphatic heterocycles. The lowest BCUT2D eigenvalue weighted by atomic mass is 10.3. The third-order valence-electron chi connectivity index (χ3n) is 4.44. The molecule has 1 fully saturated rings. The van der Waals surface area contributed by atoms with E-state index in [0.29, 0.717) is 12.2 Å². The van der Waals surface area contributed by atoms with Gasteiger partial charge in [0.1, 0.15) is 9.37 Å². The quantitative estimate of drug-likeness (QED) is 0.495. The van der Waals surface area contributed by atoms with Crippen molar-refractivity contribution in [1.29, 1.82) is 0 Å². The van der Waals surface area contributed by atoms with Gasteiger partial charge in [0.15, 0.2) is 5.69 Å². The Labute approximate surface area is 168 Å². The SMILES string of the molecule is CCn1cc(S(=O)(=O)N2CCN(C(=O)c3n[nH]c([N+](=O)[O-])c3Br)CC2)c(C)n1. The van der Waals surface area contributed by atoms with Crippen molar-refractivity contribution in [1.82, 2.24) is 29.2 Å². The second-order valence-corrected chi connectivity index (χ2v) is 8.82. The molecule has 1 N–H and O–H groups in total. The lowest BCUT2D eigenvalue weighted by Gasteiger charge is -2.33. The van der Waals surface area contributed by atoms with Crippen molar-refractivity contribution in [2.75, 3.05) is 26.2 Å². The Morgan fingerprint density at radius 2 is 2.00 bits per heavy atom. The number of nitro groups is 1. The van der Waals surface area contributed by atoms with Crippen molar-refractivity contribution in [3.05, 3.63) is 32.2 Å². The molecule has 3 heterocycles. The fraction of sp³-hybridized carbons (Fsp3) is 0.500. The van der Waals surface area contributed by atoms with Gasteiger partial charge < -0.3 is 15.0 Å². The minimum Gasteiger partial charge on any atom is -0.358 e. The highest BCUT2D eigenvalue weighted by Crippen LogP contribution is 2.27. The Morgan fingerprint density at radius 3 is 2.50 bits per heavy atom. The number of hydrogen-bond donors (Lipinski definition) is 1. The van der Waals surface area contributed by atoms with Crippen molar-refractivity contribution in [2.45, 2.75) is 25.3 Å². The highest BCUT2D eigenvalue weighted by Gasteiger charge is 2.35. The molecule has 12 nitrogen and oxygen atoms in total. The first kappa shape index (κ1) is 20.4. The van der Waals surface area contributed by atoms with Crippen molar-refractivity contribution in [3.8, 4) is 0 Å². The number of sulfonamides is 1. The third kappa shape index (κ3) is 3.54. The standard InChI is InChI=1S/C14H18BrN7O5S/c1-3-20-8-10(9(2)18-20)28(26,27)21-6-4-19(5-7-21)14(23)12-11(15)13(17-16-12)22(24)25/h8H,3-7H2,1-2H3,(H,16,17). The minimum atomic E-state index is -3.72. The third-order valence-corrected chi connectivity index (χ3v) is 7.20. The largest absolute Gasteiger partial charge is 0.358 e. The number of halogens is 1. The van der Waals surface area contributed by atoms with Crippen LogP contribution in [0.5, 0.6) is 0 Å². The zero-order valence-corrected chi connectivity index (χ0v) is 17.5. The molecule has 1 amide bonds. The van der Waals surface area contributed by atoms with Gasteiger partial charge in [-0.3, -0.25) is 9.48 Å². The topological polar surface area (TPSA) is 147 Å². The van der Waals surface area contributed by atoms with Gasteiger partial charge in [0.05, 0.1) is 5.69 Å². The van der Waals surface area contributed by atoms with E-state index in [4.69, 9.17) is 0 Å². The minimum absolute atomic E-state index is 0.0276. The second kappa shape index (κ2) is 7.60. The molecule has 0 bridgehead atoms. The molecule has 28 heavy (non-hydrogen) atoms. The molecule has 14 heteroatoms. The highest BCUT2D eigenvalue weighted by molar-refractivity contribution is 9.10. The molecule has 1 saturated heterocycles. The van der Waals surface area contributed by atoms with E-state index in [1.165, 1.54) is 15.4 Å². The molecule has 3 rings (SSSR count). The van der Waals surface area contributed by atoms with Crippen LogP contribution in [0.3, 0.4) is 0 Å². The lowest BCUT2D eigenvalue weighted by molar-refractivity contribution is -0.390. The summed E-state index contributed by atoms with van der Waals surface area (Å²) < 4.78 is 28.6. The number of aryl methyl sites for hydroxylation is 2. The Morgan fingerprint density at radius 1 is 1.36 bits per heavy atom. The first-order valence-corrected chi connectivity index (χ1v) is 10.6. The van der Waals surface area contributed by atoms with E-state index in [2.05, 4.69) is 31.2 Å². The summed E-state index contributed by atoms with van der Waals surface area (Å²) in [4.78, 5) is 24.3. The van der Waals surface area contributed by atoms with Crippen LogP contribution in [0.25, 0.3) is 0 Å². The second-order valence-electron chi connectivity index (χ2n) is 6.12. The van der Waals surface area contributed by atoms with Crippen LogP contribution >= 0.6 is 15.9 Å². The number of rotatable bonds is 5. The Bertz CT molecular complexity index is 1020. The van der Waals surface area contributed by atoms with Crippen LogP contribution in [0.4, 0.5) is 5.82 Å². The monoisotopic (exact) mass is 475 g/mol. The molecular weight excluding hydrogens is 458 g/mol. The van der Waals surface area contributed by atoms with Crippen molar-refractivity contribution >= 4 is 37.7 Å². The fourth-order valence-electron chi connectivity index (χ4n) is 2.92. The normalized spacial score (nSPS) is 15.8. The Hall–Kier alpha value is -2.32. The summed E-state index contributed by atoms with van der Waals surface area (Å²) in [7, 11) is -3.72. The summed E-state index contributed by atoms with van der Waals surface area (Å²) in [5.41, 5.74) is 0.316. The number of piperazine rings is 1. The molecule has 152 valence electrons. The van der Waals surface area contributed by atoms with E-state index in [1.54, 1.807) is 11.6 Å². The van der Waals surface area contributed by atoms with Gasteiger partial charge in [-0.1, -0.05) is 5.10 Å². The number of carbonyl (C=O) groups is 1. The Balaban J connectivity index is 1.72. The molecule has 0 aromatic carbocycles. The van der Waals surface area contributed by atoms with E-state index in [9.17, 15) is 23.3 Å². The predicted molar refractivity (Wildman–Crippen MR) is 100 cm³/mol. The van der Waals surface area contributed by atoms with Gasteiger partial charge in [-0.2, -0.15) is 9.40 Å². The van der Waals surface area contributed by atoms with Crippen LogP contribution in [0, 0.1) is 17.0 Å². The number of aromatic nitrogens is 4. The summed E-state index contributed by atoms with van der Waals surface area (Å²) in [6.07, 6.45) is 1.50. The molecule has 0 aliphatic carbocycles. The van der Waals surface area contributed by atoms with E-state index in [1.807, 2.05) is 6.92 Å². The molecule has 2 aromatic heterocycles. The van der Waals surface area contributed by atoms with Crippen LogP contribution in [0.1, 0.15) is 23.1 Å². The summed E-state index contributed by atoms with van der Waals surface area (Å²) in [5, 5.41) is 21.0. The first-order chi connectivity index (χ1) is 13.2. The summed E-state index contributed by atoms with van der Waals surface area (Å²) >= 11 is 3.01. The van der Waals surface area contributed by atoms with E-state index >= 15 is 0 Å². The molecule has 0 unspecified atom stereocenters. The molecule has 1 aliphatic rings.